The van der Waals surface area contributed by atoms with Crippen LogP contribution in [-0.4, -0.2) is 187 Å². The Morgan fingerprint density at radius 3 is 1.62 bits per heavy atom. The molecule has 0 saturated carbocycles. The fraction of sp³-hybridized carbons (Fsp3) is 0.696. The number of nitrogens with one attached hydrogen (secondary N) is 11. The number of aliphatic hydroxyl groups is 2. The van der Waals surface area contributed by atoms with Gasteiger partial charge in [0.05, 0.1) is 22.3 Å². The molecule has 13 atom stereocenters. The largest absolute Gasteiger partial charge is 0.391 e. The van der Waals surface area contributed by atoms with Gasteiger partial charge in [0.25, 0.3) is 0 Å². The Balaban J connectivity index is 2.72. The third kappa shape index (κ3) is 26.9. The number of aliphatic hydroxyl groups excluding tert-OH is 2. The highest BCUT2D eigenvalue weighted by Gasteiger charge is 2.38. The van der Waals surface area contributed by atoms with Crippen LogP contribution in [0.5, 0.6) is 0 Å². The van der Waals surface area contributed by atoms with Crippen LogP contribution in [0.3, 0.4) is 0 Å². The van der Waals surface area contributed by atoms with Crippen LogP contribution in [0.25, 0.3) is 0 Å². The van der Waals surface area contributed by atoms with Crippen molar-refractivity contribution in [3.63, 3.8) is 0 Å². The Labute approximate surface area is 518 Å². The van der Waals surface area contributed by atoms with Crippen LogP contribution in [-0.2, 0) is 59.2 Å². The first kappa shape index (κ1) is 76.8. The van der Waals surface area contributed by atoms with Gasteiger partial charge in [0, 0.05) is 19.4 Å². The van der Waals surface area contributed by atoms with Crippen molar-refractivity contribution in [2.24, 2.45) is 40.5 Å². The van der Waals surface area contributed by atoms with Crippen LogP contribution in [0.1, 0.15) is 124 Å². The minimum Gasteiger partial charge on any atom is -0.391 e. The molecule has 1 aliphatic heterocycles. The quantitative estimate of drug-likeness (QED) is 0.0341. The lowest BCUT2D eigenvalue weighted by atomic mass is 10.00. The average Bonchev–Trinajstić information content (AvgIpc) is 2.76. The number of hydrogen-bond donors (Lipinski definition) is 18. The summed E-state index contributed by atoms with van der Waals surface area (Å²) in [5.41, 5.74) is 29.6. The molecule has 0 radical (unpaired) electrons. The fourth-order valence-corrected chi connectivity index (χ4v) is 9.59. The van der Waals surface area contributed by atoms with Crippen molar-refractivity contribution in [1.29, 1.82) is 0 Å². The highest BCUT2D eigenvalue weighted by molar-refractivity contribution is 6.42. The van der Waals surface area contributed by atoms with E-state index in [1.807, 2.05) is 0 Å². The van der Waals surface area contributed by atoms with E-state index in [4.69, 9.17) is 51.9 Å². The van der Waals surface area contributed by atoms with Crippen LogP contribution < -0.4 is 87.2 Å². The van der Waals surface area contributed by atoms with Gasteiger partial charge < -0.3 is 97.4 Å². The summed E-state index contributed by atoms with van der Waals surface area (Å²) in [6.45, 7) is 8.79. The highest BCUT2D eigenvalue weighted by atomic mass is 35.5. The molecular formula is C56H96Cl2N16O13. The van der Waals surface area contributed by atoms with E-state index in [9.17, 15) is 63.0 Å². The molecule has 29 nitrogen and oxygen atoms in total. The topological polar surface area (TPSA) is 491 Å². The molecule has 2 rings (SSSR count). The summed E-state index contributed by atoms with van der Waals surface area (Å²) >= 11 is 12.9. The third-order valence-electron chi connectivity index (χ3n) is 14.4. The van der Waals surface area contributed by atoms with E-state index in [0.717, 1.165) is 19.3 Å². The molecule has 1 aromatic carbocycles. The second kappa shape index (κ2) is 40.3. The zero-order valence-corrected chi connectivity index (χ0v) is 52.3. The summed E-state index contributed by atoms with van der Waals surface area (Å²) in [5, 5.41) is 49.6. The van der Waals surface area contributed by atoms with E-state index >= 15 is 0 Å². The van der Waals surface area contributed by atoms with Gasteiger partial charge in [0.2, 0.25) is 65.0 Å². The molecule has 0 aromatic heterocycles. The van der Waals surface area contributed by atoms with Gasteiger partial charge in [-0.1, -0.05) is 82.3 Å². The molecule has 1 saturated heterocycles. The van der Waals surface area contributed by atoms with Gasteiger partial charge in [-0.05, 0) is 121 Å². The number of nitrogens with two attached hydrogens (primary N) is 5. The number of hydrogen-bond acceptors (Lipinski definition) is 18. The second-order valence-corrected chi connectivity index (χ2v) is 23.1. The Morgan fingerprint density at radius 2 is 1.10 bits per heavy atom. The second-order valence-electron chi connectivity index (χ2n) is 22.3. The standard InChI is InChI=1S/C56H96Cl2N16O13/c1-7-30(4)11-8-9-14-43(77)65-35(15-21-59)51(82)74-46(32(6)76)56(87)70-38(18-24-62)48(79)69-40-20-26-64-55(86)45(31(5)75)73-52(83)39(19-25-63)67-47(78)36(16-22-60)68-53(84)41(27-29(2)3)71-54(85)42(28-33-12-10-13-34(57)44(33)58)72-49(80)37(17-23-61)66-50(40)81/h10,12-13,29-32,35-42,45-46,75-76H,7-9,11,14-28,59-63H2,1-6H3,(H,64,86)(H,65,77)(H,66,81)(H,67,78)(H,68,84)(H,69,79)(H,70,87)(H,71,85)(H,72,80)(H,73,83)(H,74,82)/t30-,31+,32+,35-,36-,37-,38-,39-,40-,41-,42+,45-,46-/m0/s1. The maximum Gasteiger partial charge on any atom is 0.245 e. The SMILES string of the molecule is CC[C@H](C)CCCCC(=O)N[C@@H](CCN)C(=O)N[C@H](C(=O)N[C@@H](CCN)C(=O)N[C@H]1CCNC(=O)[C@H]([C@@H](C)O)NC(=O)[C@H](CCN)NC(=O)[C@H](CCN)NC(=O)[C@H](CC(C)C)NC(=O)[C@@H](Cc2cccc(Cl)c2Cl)NC(=O)[C@H](CCN)NC1=O)[C@@H](C)O. The molecule has 0 aliphatic carbocycles. The molecule has 31 heteroatoms. The minimum atomic E-state index is -1.72. The molecule has 492 valence electrons. The van der Waals surface area contributed by atoms with E-state index in [1.165, 1.54) is 26.0 Å². The Kier molecular flexibility index (Phi) is 35.5. The first-order valence-electron chi connectivity index (χ1n) is 29.8. The van der Waals surface area contributed by atoms with E-state index in [1.54, 1.807) is 19.9 Å². The third-order valence-corrected chi connectivity index (χ3v) is 15.3. The maximum atomic E-state index is 14.6. The van der Waals surface area contributed by atoms with Crippen LogP contribution in [0.4, 0.5) is 0 Å². The van der Waals surface area contributed by atoms with Crippen molar-refractivity contribution in [3.05, 3.63) is 33.8 Å². The molecule has 87 heavy (non-hydrogen) atoms. The highest BCUT2D eigenvalue weighted by Crippen LogP contribution is 2.27. The summed E-state index contributed by atoms with van der Waals surface area (Å²) in [6, 6.07) is -10.7. The first-order valence-corrected chi connectivity index (χ1v) is 30.5. The van der Waals surface area contributed by atoms with Crippen LogP contribution >= 0.6 is 23.2 Å². The van der Waals surface area contributed by atoms with Gasteiger partial charge in [-0.25, -0.2) is 0 Å². The van der Waals surface area contributed by atoms with Gasteiger partial charge in [-0.3, -0.25) is 52.7 Å². The normalized spacial score (nSPS) is 22.7. The Hall–Kier alpha value is -6.31. The molecule has 0 unspecified atom stereocenters. The van der Waals surface area contributed by atoms with Gasteiger partial charge in [-0.15, -0.1) is 0 Å². The number of carbonyl (C=O) groups excluding carboxylic acids is 11. The number of benzene rings is 1. The lowest BCUT2D eigenvalue weighted by Crippen LogP contribution is -2.62. The van der Waals surface area contributed by atoms with E-state index in [-0.39, 0.29) is 106 Å². The molecule has 1 heterocycles. The summed E-state index contributed by atoms with van der Waals surface area (Å²) in [4.78, 5) is 154. The fourth-order valence-electron chi connectivity index (χ4n) is 9.20. The predicted octanol–water partition coefficient (Wildman–Crippen LogP) is -3.94. The van der Waals surface area contributed by atoms with Crippen molar-refractivity contribution in [3.8, 4) is 0 Å². The van der Waals surface area contributed by atoms with Gasteiger partial charge in [0.15, 0.2) is 0 Å². The summed E-state index contributed by atoms with van der Waals surface area (Å²) < 4.78 is 0. The predicted molar refractivity (Wildman–Crippen MR) is 326 cm³/mol. The smallest absolute Gasteiger partial charge is 0.245 e. The van der Waals surface area contributed by atoms with Crippen LogP contribution in [0, 0.1) is 11.8 Å². The Morgan fingerprint density at radius 1 is 0.598 bits per heavy atom. The number of halogens is 2. The van der Waals surface area contributed by atoms with Crippen molar-refractivity contribution < 1.29 is 63.0 Å². The molecule has 1 aromatic rings. The van der Waals surface area contributed by atoms with E-state index < -0.39 is 151 Å². The Bertz CT molecular complexity index is 2440. The summed E-state index contributed by atoms with van der Waals surface area (Å²) in [7, 11) is 0. The molecule has 11 amide bonds. The van der Waals surface area contributed by atoms with Crippen molar-refractivity contribution >= 4 is 88.2 Å². The molecule has 23 N–H and O–H groups in total. The minimum absolute atomic E-state index is 0.00383. The van der Waals surface area contributed by atoms with Gasteiger partial charge >= 0.3 is 0 Å². The van der Waals surface area contributed by atoms with Crippen LogP contribution in [0.15, 0.2) is 18.2 Å². The van der Waals surface area contributed by atoms with Crippen molar-refractivity contribution in [2.75, 3.05) is 39.3 Å². The summed E-state index contributed by atoms with van der Waals surface area (Å²) in [6.07, 6.45) is -1.53. The zero-order valence-electron chi connectivity index (χ0n) is 50.8. The maximum absolute atomic E-state index is 14.6. The van der Waals surface area contributed by atoms with Gasteiger partial charge in [-0.2, -0.15) is 0 Å². The summed E-state index contributed by atoms with van der Waals surface area (Å²) in [5.74, 6) is -9.87. The number of unbranched alkanes of at least 4 members (excludes halogenated alkanes) is 1. The van der Waals surface area contributed by atoms with Crippen molar-refractivity contribution in [1.82, 2.24) is 58.5 Å². The molecule has 0 spiro atoms. The van der Waals surface area contributed by atoms with Crippen molar-refractivity contribution in [2.45, 2.75) is 198 Å². The first-order chi connectivity index (χ1) is 41.2. The zero-order chi connectivity index (χ0) is 65.5. The lowest BCUT2D eigenvalue weighted by molar-refractivity contribution is -0.137. The lowest BCUT2D eigenvalue weighted by Gasteiger charge is -2.29. The monoisotopic (exact) mass is 1270 g/mol. The molecule has 1 aliphatic rings. The number of amides is 11. The number of rotatable bonds is 29. The van der Waals surface area contributed by atoms with E-state index in [2.05, 4.69) is 72.3 Å². The van der Waals surface area contributed by atoms with Crippen LogP contribution in [0.2, 0.25) is 10.0 Å². The number of carbonyl (C=O) groups is 11. The molecular weight excluding hydrogens is 1180 g/mol. The van der Waals surface area contributed by atoms with Gasteiger partial charge in [0.1, 0.15) is 60.4 Å². The van der Waals surface area contributed by atoms with E-state index in [0.29, 0.717) is 12.3 Å². The molecule has 0 bridgehead atoms. The molecule has 1 fully saturated rings. The average molecular weight is 1270 g/mol.